The number of rotatable bonds is 7. The quantitative estimate of drug-likeness (QED) is 0.598. The first-order chi connectivity index (χ1) is 13.2. The lowest BCUT2D eigenvalue weighted by Crippen LogP contribution is -2.39. The van der Waals surface area contributed by atoms with E-state index in [-0.39, 0.29) is 0 Å². The summed E-state index contributed by atoms with van der Waals surface area (Å²) in [4.78, 5) is 11.2. The molecule has 7 heteroatoms. The van der Waals surface area contributed by atoms with E-state index in [1.54, 1.807) is 0 Å². The molecule has 3 rings (SSSR count). The van der Waals surface area contributed by atoms with Crippen LogP contribution in [0.4, 0.5) is 0 Å². The highest BCUT2D eigenvalue weighted by molar-refractivity contribution is 5.80. The molecule has 0 bridgehead atoms. The molecule has 0 radical (unpaired) electrons. The predicted octanol–water partition coefficient (Wildman–Crippen LogP) is 2.24. The fourth-order valence-corrected chi connectivity index (χ4v) is 3.42. The Morgan fingerprint density at radius 2 is 2.22 bits per heavy atom. The van der Waals surface area contributed by atoms with Gasteiger partial charge in [0.15, 0.2) is 5.96 Å². The van der Waals surface area contributed by atoms with Gasteiger partial charge in [-0.15, -0.1) is 0 Å². The largest absolute Gasteiger partial charge is 0.478 e. The Balaban J connectivity index is 1.47. The Bertz CT molecular complexity index is 739. The fraction of sp³-hybridized carbons (Fsp3) is 0.550. The van der Waals surface area contributed by atoms with E-state index in [9.17, 15) is 0 Å². The molecule has 7 nitrogen and oxygen atoms in total. The number of ether oxygens (including phenoxy) is 1. The molecule has 2 aromatic heterocycles. The van der Waals surface area contributed by atoms with Crippen LogP contribution in [0.25, 0.3) is 0 Å². The summed E-state index contributed by atoms with van der Waals surface area (Å²) < 4.78 is 7.40. The van der Waals surface area contributed by atoms with E-state index < -0.39 is 0 Å². The average molecular weight is 371 g/mol. The summed E-state index contributed by atoms with van der Waals surface area (Å²) in [6, 6.07) is 3.97. The standard InChI is InChI=1S/C20H30N6O/c1-4-9-27-19-6-5-17(11-22-19)12-23-20(21-2)26-8-7-16(15-26)10-18-13-24-25(3)14-18/h5-6,11,13-14,16H,4,7-10,12,15H2,1-3H3,(H,21,23). The number of nitrogens with zero attached hydrogens (tertiary/aromatic N) is 5. The van der Waals surface area contributed by atoms with Crippen molar-refractivity contribution in [3.8, 4) is 5.88 Å². The van der Waals surface area contributed by atoms with Crippen LogP contribution in [0, 0.1) is 5.92 Å². The maximum Gasteiger partial charge on any atom is 0.213 e. The molecule has 27 heavy (non-hydrogen) atoms. The van der Waals surface area contributed by atoms with Crippen molar-refractivity contribution in [3.05, 3.63) is 41.9 Å². The number of aromatic nitrogens is 3. The second-order valence-electron chi connectivity index (χ2n) is 7.08. The van der Waals surface area contributed by atoms with Gasteiger partial charge in [-0.05, 0) is 36.3 Å². The Morgan fingerprint density at radius 3 is 2.89 bits per heavy atom. The van der Waals surface area contributed by atoms with Crippen LogP contribution in [0.5, 0.6) is 5.88 Å². The molecule has 1 aliphatic heterocycles. The smallest absolute Gasteiger partial charge is 0.213 e. The first-order valence-corrected chi connectivity index (χ1v) is 9.68. The monoisotopic (exact) mass is 370 g/mol. The van der Waals surface area contributed by atoms with E-state index in [1.807, 2.05) is 43.3 Å². The molecule has 1 saturated heterocycles. The van der Waals surface area contributed by atoms with Gasteiger partial charge >= 0.3 is 0 Å². The van der Waals surface area contributed by atoms with Crippen molar-refractivity contribution in [1.29, 1.82) is 0 Å². The van der Waals surface area contributed by atoms with Gasteiger partial charge in [0.1, 0.15) is 0 Å². The third-order valence-corrected chi connectivity index (χ3v) is 4.78. The van der Waals surface area contributed by atoms with Crippen molar-refractivity contribution in [2.45, 2.75) is 32.7 Å². The van der Waals surface area contributed by atoms with Gasteiger partial charge in [0.05, 0.1) is 12.8 Å². The first kappa shape index (κ1) is 19.2. The van der Waals surface area contributed by atoms with E-state index in [0.29, 0.717) is 24.9 Å². The predicted molar refractivity (Wildman–Crippen MR) is 107 cm³/mol. The average Bonchev–Trinajstić information content (AvgIpc) is 3.31. The van der Waals surface area contributed by atoms with Crippen molar-refractivity contribution in [2.75, 3.05) is 26.7 Å². The summed E-state index contributed by atoms with van der Waals surface area (Å²) in [5.41, 5.74) is 2.43. The van der Waals surface area contributed by atoms with Crippen LogP contribution >= 0.6 is 0 Å². The van der Waals surface area contributed by atoms with Gasteiger partial charge in [-0.25, -0.2) is 4.98 Å². The highest BCUT2D eigenvalue weighted by Gasteiger charge is 2.25. The topological polar surface area (TPSA) is 67.6 Å². The molecule has 1 unspecified atom stereocenters. The van der Waals surface area contributed by atoms with E-state index in [4.69, 9.17) is 4.74 Å². The van der Waals surface area contributed by atoms with Crippen LogP contribution in [0.3, 0.4) is 0 Å². The lowest BCUT2D eigenvalue weighted by atomic mass is 10.0. The molecule has 0 saturated carbocycles. The molecule has 2 aromatic rings. The minimum absolute atomic E-state index is 0.643. The summed E-state index contributed by atoms with van der Waals surface area (Å²) in [6.07, 6.45) is 9.18. The fourth-order valence-electron chi connectivity index (χ4n) is 3.42. The van der Waals surface area contributed by atoms with Gasteiger partial charge in [-0.3, -0.25) is 9.67 Å². The van der Waals surface area contributed by atoms with Crippen molar-refractivity contribution >= 4 is 5.96 Å². The zero-order chi connectivity index (χ0) is 19.1. The van der Waals surface area contributed by atoms with Gasteiger partial charge in [0, 0.05) is 52.2 Å². The summed E-state index contributed by atoms with van der Waals surface area (Å²) in [5, 5.41) is 7.72. The number of hydrogen-bond donors (Lipinski definition) is 1. The molecule has 1 aliphatic rings. The van der Waals surface area contributed by atoms with Crippen LogP contribution in [-0.4, -0.2) is 52.4 Å². The molecule has 0 amide bonds. The molecule has 0 aliphatic carbocycles. The normalized spacial score (nSPS) is 17.4. The van der Waals surface area contributed by atoms with E-state index in [1.165, 1.54) is 12.0 Å². The van der Waals surface area contributed by atoms with Crippen LogP contribution in [0.1, 0.15) is 30.9 Å². The zero-order valence-electron chi connectivity index (χ0n) is 16.6. The number of nitrogens with one attached hydrogen (secondary N) is 1. The molecule has 1 atom stereocenters. The molecule has 3 heterocycles. The van der Waals surface area contributed by atoms with Crippen molar-refractivity contribution in [2.24, 2.45) is 18.0 Å². The Morgan fingerprint density at radius 1 is 1.33 bits per heavy atom. The molecule has 146 valence electrons. The van der Waals surface area contributed by atoms with Gasteiger partial charge in [-0.2, -0.15) is 5.10 Å². The highest BCUT2D eigenvalue weighted by atomic mass is 16.5. The lowest BCUT2D eigenvalue weighted by molar-refractivity contribution is 0.305. The van der Waals surface area contributed by atoms with Crippen LogP contribution < -0.4 is 10.1 Å². The van der Waals surface area contributed by atoms with Gasteiger partial charge < -0.3 is 15.0 Å². The van der Waals surface area contributed by atoms with Gasteiger partial charge in [0.2, 0.25) is 5.88 Å². The zero-order valence-corrected chi connectivity index (χ0v) is 16.6. The third kappa shape index (κ3) is 5.45. The second kappa shape index (κ2) is 9.39. The maximum absolute atomic E-state index is 5.53. The van der Waals surface area contributed by atoms with Crippen LogP contribution in [0.2, 0.25) is 0 Å². The van der Waals surface area contributed by atoms with Crippen molar-refractivity contribution in [1.82, 2.24) is 25.0 Å². The lowest BCUT2D eigenvalue weighted by Gasteiger charge is -2.21. The Labute approximate surface area is 161 Å². The number of pyridine rings is 1. The number of aliphatic imine (C=N–C) groups is 1. The minimum atomic E-state index is 0.643. The van der Waals surface area contributed by atoms with Crippen molar-refractivity contribution < 1.29 is 4.74 Å². The number of likely N-dealkylation sites (tertiary alicyclic amines) is 1. The summed E-state index contributed by atoms with van der Waals surface area (Å²) >= 11 is 0. The van der Waals surface area contributed by atoms with Gasteiger partial charge in [-0.1, -0.05) is 13.0 Å². The minimum Gasteiger partial charge on any atom is -0.478 e. The summed E-state index contributed by atoms with van der Waals surface area (Å²) in [7, 11) is 3.81. The molecule has 0 aromatic carbocycles. The van der Waals surface area contributed by atoms with Crippen LogP contribution in [0.15, 0.2) is 35.7 Å². The third-order valence-electron chi connectivity index (χ3n) is 4.78. The number of aryl methyl sites for hydroxylation is 1. The Kier molecular flexibility index (Phi) is 6.68. The second-order valence-corrected chi connectivity index (χ2v) is 7.08. The molecule has 1 N–H and O–H groups in total. The maximum atomic E-state index is 5.53. The Hall–Kier alpha value is -2.57. The summed E-state index contributed by atoms with van der Waals surface area (Å²) in [6.45, 7) is 5.55. The van der Waals surface area contributed by atoms with Gasteiger partial charge in [0.25, 0.3) is 0 Å². The highest BCUT2D eigenvalue weighted by Crippen LogP contribution is 2.20. The molecule has 1 fully saturated rings. The van der Waals surface area contributed by atoms with E-state index in [2.05, 4.69) is 38.4 Å². The molecular formula is C20H30N6O. The first-order valence-electron chi connectivity index (χ1n) is 9.68. The summed E-state index contributed by atoms with van der Waals surface area (Å²) in [5.74, 6) is 2.28. The number of hydrogen-bond acceptors (Lipinski definition) is 4. The van der Waals surface area contributed by atoms with E-state index in [0.717, 1.165) is 37.5 Å². The van der Waals surface area contributed by atoms with E-state index >= 15 is 0 Å². The molecular weight excluding hydrogens is 340 g/mol. The molecule has 0 spiro atoms. The van der Waals surface area contributed by atoms with Crippen molar-refractivity contribution in [3.63, 3.8) is 0 Å². The number of guanidine groups is 1. The van der Waals surface area contributed by atoms with Crippen LogP contribution in [-0.2, 0) is 20.0 Å². The SMILES string of the molecule is CCCOc1ccc(CNC(=NC)N2CCC(Cc3cnn(C)c3)C2)cn1.